The molecule has 6 aromatic rings. The van der Waals surface area contributed by atoms with Gasteiger partial charge in [0.25, 0.3) is 0 Å². The van der Waals surface area contributed by atoms with Gasteiger partial charge < -0.3 is 19.7 Å². The van der Waals surface area contributed by atoms with Crippen molar-refractivity contribution in [2.24, 2.45) is 0 Å². The predicted molar refractivity (Wildman–Crippen MR) is 146 cm³/mol. The molecule has 0 radical (unpaired) electrons. The highest BCUT2D eigenvalue weighted by Crippen LogP contribution is 2.53. The van der Waals surface area contributed by atoms with Crippen LogP contribution in [-0.4, -0.2) is 24.4 Å². The molecule has 0 unspecified atom stereocenters. The maximum absolute atomic E-state index is 10.6. The molecule has 6 rings (SSSR count). The Morgan fingerprint density at radius 3 is 1.22 bits per heavy atom. The lowest BCUT2D eigenvalue weighted by atomic mass is 9.86. The average molecular weight is 473 g/mol. The first kappa shape index (κ1) is 21.8. The van der Waals surface area contributed by atoms with Crippen LogP contribution in [0.25, 0.3) is 54.6 Å². The quantitative estimate of drug-likeness (QED) is 0.274. The molecule has 0 saturated carbocycles. The van der Waals surface area contributed by atoms with Crippen molar-refractivity contribution in [2.75, 3.05) is 14.2 Å². The van der Waals surface area contributed by atoms with Gasteiger partial charge in [-0.3, -0.25) is 0 Å². The number of fused-ring (bicyclic) bond motifs is 3. The van der Waals surface area contributed by atoms with Crippen LogP contribution in [0.5, 0.6) is 23.0 Å². The number of rotatable bonds is 4. The smallest absolute Gasteiger partial charge is 0.169 e. The predicted octanol–water partition coefficient (Wildman–Crippen LogP) is 7.91. The molecule has 0 atom stereocenters. The lowest BCUT2D eigenvalue weighted by Gasteiger charge is -2.22. The number of ether oxygens (including phenoxy) is 2. The Balaban J connectivity index is 1.82. The molecule has 4 nitrogen and oxygen atoms in total. The van der Waals surface area contributed by atoms with Crippen molar-refractivity contribution in [3.05, 3.63) is 97.1 Å². The van der Waals surface area contributed by atoms with Gasteiger partial charge in [-0.1, -0.05) is 72.8 Å². The Hall–Kier alpha value is -4.70. The minimum atomic E-state index is 0.178. The third-order valence-corrected chi connectivity index (χ3v) is 6.77. The van der Waals surface area contributed by atoms with Crippen LogP contribution in [0.15, 0.2) is 97.1 Å². The van der Waals surface area contributed by atoms with Crippen molar-refractivity contribution >= 4 is 32.3 Å². The summed E-state index contributed by atoms with van der Waals surface area (Å²) in [6.07, 6.45) is 0. The minimum absolute atomic E-state index is 0.178. The fraction of sp³-hybridized carbons (Fsp3) is 0.0625. The first-order valence-corrected chi connectivity index (χ1v) is 11.7. The van der Waals surface area contributed by atoms with Gasteiger partial charge in [0.15, 0.2) is 11.5 Å². The SMILES string of the molecule is COc1c(OC)c(-c2cc(O)cc3ccccc23)c2ccccc2c1-c1cc(O)cc2ccccc12. The second-order valence-electron chi connectivity index (χ2n) is 8.79. The summed E-state index contributed by atoms with van der Waals surface area (Å²) in [5, 5.41) is 27.0. The summed E-state index contributed by atoms with van der Waals surface area (Å²) >= 11 is 0. The van der Waals surface area contributed by atoms with Gasteiger partial charge in [0, 0.05) is 11.1 Å². The number of methoxy groups -OCH3 is 2. The summed E-state index contributed by atoms with van der Waals surface area (Å²) in [5.41, 5.74) is 3.38. The van der Waals surface area contributed by atoms with E-state index in [0.717, 1.165) is 54.6 Å². The number of benzene rings is 6. The van der Waals surface area contributed by atoms with Gasteiger partial charge in [0.1, 0.15) is 11.5 Å². The largest absolute Gasteiger partial charge is 0.508 e. The second-order valence-corrected chi connectivity index (χ2v) is 8.79. The third kappa shape index (κ3) is 3.30. The first-order valence-electron chi connectivity index (χ1n) is 11.7. The molecule has 0 saturated heterocycles. The van der Waals surface area contributed by atoms with Crippen molar-refractivity contribution in [1.82, 2.24) is 0 Å². The molecular formula is C32H24O4. The average Bonchev–Trinajstić information content (AvgIpc) is 2.90. The van der Waals surface area contributed by atoms with E-state index in [-0.39, 0.29) is 11.5 Å². The zero-order valence-corrected chi connectivity index (χ0v) is 19.9. The van der Waals surface area contributed by atoms with Crippen LogP contribution in [0, 0.1) is 0 Å². The third-order valence-electron chi connectivity index (χ3n) is 6.77. The van der Waals surface area contributed by atoms with Gasteiger partial charge >= 0.3 is 0 Å². The molecule has 36 heavy (non-hydrogen) atoms. The van der Waals surface area contributed by atoms with E-state index in [9.17, 15) is 10.2 Å². The topological polar surface area (TPSA) is 58.9 Å². The van der Waals surface area contributed by atoms with E-state index in [1.807, 2.05) is 60.7 Å². The maximum Gasteiger partial charge on any atom is 0.169 e. The van der Waals surface area contributed by atoms with Gasteiger partial charge in [-0.15, -0.1) is 0 Å². The summed E-state index contributed by atoms with van der Waals surface area (Å²) in [4.78, 5) is 0. The van der Waals surface area contributed by atoms with E-state index in [1.165, 1.54) is 0 Å². The molecule has 0 aliphatic carbocycles. The first-order chi connectivity index (χ1) is 17.6. The number of phenolic OH excluding ortho intramolecular Hbond substituents is 2. The van der Waals surface area contributed by atoms with Crippen LogP contribution >= 0.6 is 0 Å². The maximum atomic E-state index is 10.6. The van der Waals surface area contributed by atoms with E-state index >= 15 is 0 Å². The summed E-state index contributed by atoms with van der Waals surface area (Å²) in [7, 11) is 3.26. The molecule has 0 bridgehead atoms. The van der Waals surface area contributed by atoms with Crippen LogP contribution in [0.3, 0.4) is 0 Å². The molecule has 4 heteroatoms. The Bertz CT molecular complexity index is 1650. The zero-order chi connectivity index (χ0) is 24.8. The van der Waals surface area contributed by atoms with E-state index in [4.69, 9.17) is 9.47 Å². The molecular weight excluding hydrogens is 448 g/mol. The van der Waals surface area contributed by atoms with Crippen molar-refractivity contribution in [1.29, 1.82) is 0 Å². The van der Waals surface area contributed by atoms with Crippen LogP contribution in [0.2, 0.25) is 0 Å². The standard InChI is InChI=1S/C32H24O4/c1-35-31-29(27-17-21(33)15-19-9-3-5-11-23(19)27)25-13-7-8-14-26(25)30(32(31)36-2)28-18-22(34)16-20-10-4-6-12-24(20)28/h3-18,33-34H,1-2H3. The summed E-state index contributed by atoms with van der Waals surface area (Å²) in [6.45, 7) is 0. The monoisotopic (exact) mass is 472 g/mol. The Morgan fingerprint density at radius 1 is 0.472 bits per heavy atom. The zero-order valence-electron chi connectivity index (χ0n) is 19.9. The summed E-state index contributed by atoms with van der Waals surface area (Å²) in [5.74, 6) is 1.48. The van der Waals surface area contributed by atoms with Crippen LogP contribution in [0.4, 0.5) is 0 Å². The minimum Gasteiger partial charge on any atom is -0.508 e. The summed E-state index contributed by atoms with van der Waals surface area (Å²) < 4.78 is 12.1. The fourth-order valence-electron chi connectivity index (χ4n) is 5.32. The van der Waals surface area contributed by atoms with Crippen LogP contribution in [0.1, 0.15) is 0 Å². The van der Waals surface area contributed by atoms with E-state index in [1.54, 1.807) is 38.5 Å². The molecule has 0 spiro atoms. The summed E-state index contributed by atoms with van der Waals surface area (Å²) in [6, 6.07) is 31.1. The Kier molecular flexibility index (Phi) is 5.15. The van der Waals surface area contributed by atoms with E-state index in [0.29, 0.717) is 11.5 Å². The van der Waals surface area contributed by atoms with E-state index in [2.05, 4.69) is 12.1 Å². The molecule has 6 aromatic carbocycles. The molecule has 0 heterocycles. The van der Waals surface area contributed by atoms with Crippen molar-refractivity contribution < 1.29 is 19.7 Å². The highest BCUT2D eigenvalue weighted by Gasteiger charge is 2.25. The van der Waals surface area contributed by atoms with Crippen molar-refractivity contribution in [3.8, 4) is 45.3 Å². The van der Waals surface area contributed by atoms with E-state index < -0.39 is 0 Å². The van der Waals surface area contributed by atoms with Gasteiger partial charge in [0.05, 0.1) is 14.2 Å². The van der Waals surface area contributed by atoms with Crippen molar-refractivity contribution in [3.63, 3.8) is 0 Å². The van der Waals surface area contributed by atoms with Gasteiger partial charge in [-0.25, -0.2) is 0 Å². The second kappa shape index (κ2) is 8.51. The molecule has 0 amide bonds. The normalized spacial score (nSPS) is 11.3. The molecule has 0 fully saturated rings. The lowest BCUT2D eigenvalue weighted by Crippen LogP contribution is -1.99. The highest BCUT2D eigenvalue weighted by molar-refractivity contribution is 6.17. The fourth-order valence-corrected chi connectivity index (χ4v) is 5.32. The van der Waals surface area contributed by atoms with Crippen LogP contribution in [-0.2, 0) is 0 Å². The lowest BCUT2D eigenvalue weighted by molar-refractivity contribution is 0.358. The highest BCUT2D eigenvalue weighted by atomic mass is 16.5. The molecule has 0 aliphatic heterocycles. The Labute approximate surface area is 208 Å². The Morgan fingerprint density at radius 2 is 0.833 bits per heavy atom. The van der Waals surface area contributed by atoms with Gasteiger partial charge in [0.2, 0.25) is 0 Å². The van der Waals surface area contributed by atoms with Gasteiger partial charge in [-0.2, -0.15) is 0 Å². The van der Waals surface area contributed by atoms with Gasteiger partial charge in [-0.05, 0) is 67.7 Å². The molecule has 0 aliphatic rings. The number of aromatic hydroxyl groups is 2. The molecule has 176 valence electrons. The number of hydrogen-bond acceptors (Lipinski definition) is 4. The molecule has 0 aromatic heterocycles. The van der Waals surface area contributed by atoms with Crippen molar-refractivity contribution in [2.45, 2.75) is 0 Å². The number of hydrogen-bond donors (Lipinski definition) is 2. The van der Waals surface area contributed by atoms with Crippen LogP contribution < -0.4 is 9.47 Å². The number of phenols is 2. The molecule has 2 N–H and O–H groups in total.